The van der Waals surface area contributed by atoms with Crippen LogP contribution in [-0.4, -0.2) is 31.9 Å². The first kappa shape index (κ1) is 15.7. The Morgan fingerprint density at radius 1 is 1.12 bits per heavy atom. The van der Waals surface area contributed by atoms with Crippen molar-refractivity contribution in [1.29, 1.82) is 0 Å². The van der Waals surface area contributed by atoms with Gasteiger partial charge in [0.2, 0.25) is 5.43 Å². The molecule has 7 heteroatoms. The van der Waals surface area contributed by atoms with Gasteiger partial charge in [0.25, 0.3) is 0 Å². The molecule has 0 amide bonds. The number of hydrogen-bond donors (Lipinski definition) is 1. The van der Waals surface area contributed by atoms with E-state index in [1.807, 2.05) is 0 Å². The van der Waals surface area contributed by atoms with E-state index in [-0.39, 0.29) is 34.5 Å². The summed E-state index contributed by atoms with van der Waals surface area (Å²) >= 11 is 0. The van der Waals surface area contributed by atoms with Crippen molar-refractivity contribution in [2.24, 2.45) is 0 Å². The number of ether oxygens (including phenoxy) is 3. The third-order valence-corrected chi connectivity index (χ3v) is 3.52. The number of methoxy groups -OCH3 is 2. The first-order valence-electron chi connectivity index (χ1n) is 7.00. The number of hydrogen-bond acceptors (Lipinski definition) is 7. The van der Waals surface area contributed by atoms with Crippen LogP contribution in [0.4, 0.5) is 0 Å². The zero-order valence-corrected chi connectivity index (χ0v) is 13.0. The molecule has 24 heavy (non-hydrogen) atoms. The van der Waals surface area contributed by atoms with Crippen molar-refractivity contribution in [1.82, 2.24) is 0 Å². The molecule has 0 bridgehead atoms. The quantitative estimate of drug-likeness (QED) is 0.579. The van der Waals surface area contributed by atoms with Gasteiger partial charge in [-0.15, -0.1) is 0 Å². The standard InChI is InChI=1S/C17H14O7/c1-21-9-3-4-13-11(5-9)17(20)16-12(18)6-10(7-14(16)24-13)23-8-15(19)22-2/h3-7,18H,8H2,1-2H3. The lowest BCUT2D eigenvalue weighted by Crippen LogP contribution is -2.12. The molecule has 0 saturated carbocycles. The summed E-state index contributed by atoms with van der Waals surface area (Å²) in [5.41, 5.74) is 0.109. The fraction of sp³-hybridized carbons (Fsp3) is 0.176. The number of aromatic hydroxyl groups is 1. The smallest absolute Gasteiger partial charge is 0.343 e. The van der Waals surface area contributed by atoms with E-state index < -0.39 is 5.97 Å². The molecule has 3 aromatic rings. The summed E-state index contributed by atoms with van der Waals surface area (Å²) in [6, 6.07) is 7.49. The molecule has 0 spiro atoms. The molecule has 1 aromatic heterocycles. The summed E-state index contributed by atoms with van der Waals surface area (Å²) in [4.78, 5) is 23.7. The Morgan fingerprint density at radius 3 is 2.62 bits per heavy atom. The zero-order valence-electron chi connectivity index (χ0n) is 13.0. The second-order valence-electron chi connectivity index (χ2n) is 4.97. The lowest BCUT2D eigenvalue weighted by molar-refractivity contribution is -0.142. The Morgan fingerprint density at radius 2 is 1.92 bits per heavy atom. The number of carbonyl (C=O) groups is 1. The van der Waals surface area contributed by atoms with Gasteiger partial charge in [0.05, 0.1) is 19.6 Å². The van der Waals surface area contributed by atoms with E-state index >= 15 is 0 Å². The normalized spacial score (nSPS) is 10.8. The second-order valence-corrected chi connectivity index (χ2v) is 4.97. The largest absolute Gasteiger partial charge is 0.507 e. The van der Waals surface area contributed by atoms with Crippen LogP contribution in [0.2, 0.25) is 0 Å². The topological polar surface area (TPSA) is 95.2 Å². The van der Waals surface area contributed by atoms with E-state index in [9.17, 15) is 14.7 Å². The maximum absolute atomic E-state index is 12.6. The van der Waals surface area contributed by atoms with Crippen LogP contribution in [0.1, 0.15) is 0 Å². The molecule has 7 nitrogen and oxygen atoms in total. The molecule has 1 heterocycles. The predicted molar refractivity (Wildman–Crippen MR) is 85.7 cm³/mol. The minimum atomic E-state index is -0.568. The first-order valence-corrected chi connectivity index (χ1v) is 7.00. The molecular weight excluding hydrogens is 316 g/mol. The van der Waals surface area contributed by atoms with Gasteiger partial charge in [-0.2, -0.15) is 0 Å². The number of phenolic OH excluding ortho intramolecular Hbond substituents is 1. The van der Waals surface area contributed by atoms with Crippen molar-refractivity contribution >= 4 is 27.9 Å². The van der Waals surface area contributed by atoms with Crippen LogP contribution in [0, 0.1) is 0 Å². The third kappa shape index (κ3) is 2.71. The molecule has 0 saturated heterocycles. The van der Waals surface area contributed by atoms with Crippen molar-refractivity contribution in [2.45, 2.75) is 0 Å². The minimum Gasteiger partial charge on any atom is -0.507 e. The second kappa shape index (κ2) is 6.11. The van der Waals surface area contributed by atoms with Gasteiger partial charge in [0.15, 0.2) is 6.61 Å². The maximum Gasteiger partial charge on any atom is 0.343 e. The molecule has 0 radical (unpaired) electrons. The van der Waals surface area contributed by atoms with Crippen molar-refractivity contribution in [2.75, 3.05) is 20.8 Å². The number of benzene rings is 2. The molecule has 0 aliphatic heterocycles. The van der Waals surface area contributed by atoms with Crippen LogP contribution >= 0.6 is 0 Å². The Balaban J connectivity index is 2.16. The summed E-state index contributed by atoms with van der Waals surface area (Å²) in [5, 5.41) is 10.5. The van der Waals surface area contributed by atoms with E-state index in [1.165, 1.54) is 26.4 Å². The Labute approximate surface area is 136 Å². The number of fused-ring (bicyclic) bond motifs is 2. The Hall–Kier alpha value is -3.22. The van der Waals surface area contributed by atoms with Crippen LogP contribution in [0.15, 0.2) is 39.5 Å². The molecule has 1 N–H and O–H groups in total. The van der Waals surface area contributed by atoms with Gasteiger partial charge in [0.1, 0.15) is 33.8 Å². The predicted octanol–water partition coefficient (Wildman–Crippen LogP) is 2.21. The summed E-state index contributed by atoms with van der Waals surface area (Å²) in [6.07, 6.45) is 0. The van der Waals surface area contributed by atoms with Gasteiger partial charge in [-0.05, 0) is 18.2 Å². The highest BCUT2D eigenvalue weighted by atomic mass is 16.6. The van der Waals surface area contributed by atoms with E-state index in [2.05, 4.69) is 4.74 Å². The molecule has 0 aliphatic rings. The number of phenols is 1. The SMILES string of the molecule is COC(=O)COc1cc(O)c2c(=O)c3cc(OC)ccc3oc2c1. The maximum atomic E-state index is 12.6. The summed E-state index contributed by atoms with van der Waals surface area (Å²) < 4.78 is 20.5. The lowest BCUT2D eigenvalue weighted by Gasteiger charge is -2.08. The van der Waals surface area contributed by atoms with Crippen LogP contribution < -0.4 is 14.9 Å². The van der Waals surface area contributed by atoms with Gasteiger partial charge < -0.3 is 23.7 Å². The van der Waals surface area contributed by atoms with Gasteiger partial charge >= 0.3 is 5.97 Å². The van der Waals surface area contributed by atoms with Crippen LogP contribution in [0.3, 0.4) is 0 Å². The summed E-state index contributed by atoms with van der Waals surface area (Å²) in [6.45, 7) is -0.323. The van der Waals surface area contributed by atoms with Gasteiger partial charge in [-0.1, -0.05) is 0 Å². The van der Waals surface area contributed by atoms with Crippen molar-refractivity contribution in [3.63, 3.8) is 0 Å². The fourth-order valence-corrected chi connectivity index (χ4v) is 2.33. The highest BCUT2D eigenvalue weighted by Crippen LogP contribution is 2.31. The third-order valence-electron chi connectivity index (χ3n) is 3.52. The minimum absolute atomic E-state index is 0.0289. The average molecular weight is 330 g/mol. The average Bonchev–Trinajstić information content (AvgIpc) is 2.59. The highest BCUT2D eigenvalue weighted by molar-refractivity contribution is 5.94. The van der Waals surface area contributed by atoms with Gasteiger partial charge in [-0.3, -0.25) is 4.79 Å². The fourth-order valence-electron chi connectivity index (χ4n) is 2.33. The van der Waals surface area contributed by atoms with Crippen molar-refractivity contribution in [3.05, 3.63) is 40.6 Å². The van der Waals surface area contributed by atoms with Crippen LogP contribution in [0.25, 0.3) is 21.9 Å². The highest BCUT2D eigenvalue weighted by Gasteiger charge is 2.15. The lowest BCUT2D eigenvalue weighted by atomic mass is 10.1. The number of carbonyl (C=O) groups excluding carboxylic acids is 1. The van der Waals surface area contributed by atoms with Gasteiger partial charge in [0, 0.05) is 12.1 Å². The van der Waals surface area contributed by atoms with E-state index in [4.69, 9.17) is 13.9 Å². The molecule has 3 rings (SSSR count). The zero-order chi connectivity index (χ0) is 17.3. The van der Waals surface area contributed by atoms with E-state index in [0.717, 1.165) is 0 Å². The molecule has 0 fully saturated rings. The molecule has 0 unspecified atom stereocenters. The number of esters is 1. The Bertz CT molecular complexity index is 988. The monoisotopic (exact) mass is 330 g/mol. The number of rotatable bonds is 4. The summed E-state index contributed by atoms with van der Waals surface area (Å²) in [5.74, 6) is -0.180. The van der Waals surface area contributed by atoms with Crippen molar-refractivity contribution in [3.8, 4) is 17.2 Å². The molecule has 0 atom stereocenters. The molecular formula is C17H14O7. The first-order chi connectivity index (χ1) is 11.5. The molecule has 0 aliphatic carbocycles. The Kier molecular flexibility index (Phi) is 3.99. The van der Waals surface area contributed by atoms with Gasteiger partial charge in [-0.25, -0.2) is 4.79 Å². The van der Waals surface area contributed by atoms with E-state index in [1.54, 1.807) is 18.2 Å². The molecule has 2 aromatic carbocycles. The van der Waals surface area contributed by atoms with E-state index in [0.29, 0.717) is 16.7 Å². The van der Waals surface area contributed by atoms with Crippen LogP contribution in [-0.2, 0) is 9.53 Å². The summed E-state index contributed by atoms with van der Waals surface area (Å²) in [7, 11) is 2.73. The molecule has 124 valence electrons. The van der Waals surface area contributed by atoms with Crippen molar-refractivity contribution < 1.29 is 28.5 Å². The van der Waals surface area contributed by atoms with Crippen LogP contribution in [0.5, 0.6) is 17.2 Å².